The van der Waals surface area contributed by atoms with E-state index in [9.17, 15) is 19.7 Å². The highest BCUT2D eigenvalue weighted by atomic mass is 35.5. The maximum atomic E-state index is 12.6. The number of nitrogens with zero attached hydrogens (tertiary/aromatic N) is 1. The molecule has 35 heavy (non-hydrogen) atoms. The van der Waals surface area contributed by atoms with Gasteiger partial charge in [-0.25, -0.2) is 0 Å². The Hall–Kier alpha value is -4.63. The van der Waals surface area contributed by atoms with Crippen molar-refractivity contribution < 1.29 is 23.7 Å². The second kappa shape index (κ2) is 10.1. The van der Waals surface area contributed by atoms with Crippen LogP contribution in [0.4, 0.5) is 17.1 Å². The summed E-state index contributed by atoms with van der Waals surface area (Å²) in [5, 5.41) is 17.2. The molecule has 1 heterocycles. The quantitative estimate of drug-likeness (QED) is 0.188. The van der Waals surface area contributed by atoms with Gasteiger partial charge in [0.2, 0.25) is 5.91 Å². The van der Waals surface area contributed by atoms with Crippen molar-refractivity contribution in [1.29, 1.82) is 0 Å². The Kier molecular flexibility index (Phi) is 6.79. The van der Waals surface area contributed by atoms with Gasteiger partial charge in [-0.15, -0.1) is 0 Å². The van der Waals surface area contributed by atoms with E-state index in [-0.39, 0.29) is 16.5 Å². The lowest BCUT2D eigenvalue weighted by Gasteiger charge is -2.11. The highest BCUT2D eigenvalue weighted by Crippen LogP contribution is 2.29. The van der Waals surface area contributed by atoms with Crippen LogP contribution in [0.3, 0.4) is 0 Å². The SMILES string of the molecule is COc1cc(NC(=O)C=Cc2ccc(Cl)c([N+](=O)[O-])c2)ccc1NC(=O)c1cc2ccccc2o1. The second-order valence-corrected chi connectivity index (χ2v) is 7.72. The van der Waals surface area contributed by atoms with E-state index < -0.39 is 16.7 Å². The Morgan fingerprint density at radius 1 is 1.06 bits per heavy atom. The number of nitro groups is 1. The predicted molar refractivity (Wildman–Crippen MR) is 133 cm³/mol. The molecule has 0 spiro atoms. The molecule has 0 atom stereocenters. The minimum atomic E-state index is -0.597. The van der Waals surface area contributed by atoms with Crippen LogP contribution in [0.5, 0.6) is 5.75 Å². The molecule has 4 rings (SSSR count). The predicted octanol–water partition coefficient (Wildman–Crippen LogP) is 5.91. The van der Waals surface area contributed by atoms with Crippen molar-refractivity contribution in [2.75, 3.05) is 17.7 Å². The van der Waals surface area contributed by atoms with E-state index >= 15 is 0 Å². The monoisotopic (exact) mass is 491 g/mol. The number of benzene rings is 3. The number of nitrogens with one attached hydrogen (secondary N) is 2. The topological polar surface area (TPSA) is 124 Å². The van der Waals surface area contributed by atoms with Crippen LogP contribution < -0.4 is 15.4 Å². The molecular formula is C25H18ClN3O6. The Labute approximate surface area is 204 Å². The van der Waals surface area contributed by atoms with Crippen LogP contribution in [0.2, 0.25) is 5.02 Å². The van der Waals surface area contributed by atoms with Gasteiger partial charge in [-0.1, -0.05) is 35.9 Å². The summed E-state index contributed by atoms with van der Waals surface area (Å²) >= 11 is 5.80. The largest absolute Gasteiger partial charge is 0.494 e. The first-order valence-electron chi connectivity index (χ1n) is 10.2. The van der Waals surface area contributed by atoms with Crippen LogP contribution in [0, 0.1) is 10.1 Å². The van der Waals surface area contributed by atoms with Crippen LogP contribution in [0.25, 0.3) is 17.0 Å². The molecule has 0 fully saturated rings. The average Bonchev–Trinajstić information content (AvgIpc) is 3.29. The van der Waals surface area contributed by atoms with Crippen molar-refractivity contribution in [3.8, 4) is 5.75 Å². The Morgan fingerprint density at radius 3 is 2.60 bits per heavy atom. The van der Waals surface area contributed by atoms with Crippen molar-refractivity contribution in [2.45, 2.75) is 0 Å². The molecule has 0 saturated heterocycles. The number of fused-ring (bicyclic) bond motifs is 1. The van der Waals surface area contributed by atoms with E-state index in [1.54, 1.807) is 36.4 Å². The molecule has 176 valence electrons. The molecule has 4 aromatic rings. The van der Waals surface area contributed by atoms with Gasteiger partial charge in [0.25, 0.3) is 11.6 Å². The van der Waals surface area contributed by atoms with E-state index in [4.69, 9.17) is 20.8 Å². The van der Waals surface area contributed by atoms with Gasteiger partial charge in [0.05, 0.1) is 17.7 Å². The summed E-state index contributed by atoms with van der Waals surface area (Å²) < 4.78 is 10.9. The molecule has 3 aromatic carbocycles. The van der Waals surface area contributed by atoms with Crippen LogP contribution in [0.1, 0.15) is 16.1 Å². The first-order valence-corrected chi connectivity index (χ1v) is 10.6. The van der Waals surface area contributed by atoms with Gasteiger partial charge in [-0.2, -0.15) is 0 Å². The average molecular weight is 492 g/mol. The van der Waals surface area contributed by atoms with E-state index in [0.29, 0.717) is 28.3 Å². The number of hydrogen-bond acceptors (Lipinski definition) is 6. The van der Waals surface area contributed by atoms with E-state index in [2.05, 4.69) is 10.6 Å². The standard InChI is InChI=1S/C25H18ClN3O6/c1-34-22-14-17(27-24(30)11-7-15-6-9-18(26)20(12-15)29(32)33)8-10-19(22)28-25(31)23-13-16-4-2-3-5-21(16)35-23/h2-14H,1H3,(H,27,30)(H,28,31). The molecule has 0 bridgehead atoms. The van der Waals surface area contributed by atoms with Gasteiger partial charge in [0, 0.05) is 29.3 Å². The number of methoxy groups -OCH3 is 1. The summed E-state index contributed by atoms with van der Waals surface area (Å²) in [6, 6.07) is 17.9. The van der Waals surface area contributed by atoms with Crippen molar-refractivity contribution >= 4 is 57.5 Å². The molecule has 0 saturated carbocycles. The number of rotatable bonds is 7. The Bertz CT molecular complexity index is 1440. The molecular weight excluding hydrogens is 474 g/mol. The number of amides is 2. The van der Waals surface area contributed by atoms with Crippen molar-refractivity contribution in [3.63, 3.8) is 0 Å². The summed E-state index contributed by atoms with van der Waals surface area (Å²) in [6.45, 7) is 0. The van der Waals surface area contributed by atoms with Gasteiger partial charge < -0.3 is 19.8 Å². The van der Waals surface area contributed by atoms with Crippen LogP contribution in [-0.2, 0) is 4.79 Å². The first kappa shape index (κ1) is 23.5. The Morgan fingerprint density at radius 2 is 1.86 bits per heavy atom. The molecule has 10 heteroatoms. The molecule has 0 radical (unpaired) electrons. The maximum absolute atomic E-state index is 12.6. The van der Waals surface area contributed by atoms with Gasteiger partial charge in [-0.05, 0) is 42.0 Å². The molecule has 9 nitrogen and oxygen atoms in total. The normalized spacial score (nSPS) is 10.9. The number of halogens is 1. The minimum absolute atomic E-state index is 0.0104. The molecule has 0 aliphatic carbocycles. The lowest BCUT2D eigenvalue weighted by atomic mass is 10.2. The fraction of sp³-hybridized carbons (Fsp3) is 0.0400. The van der Waals surface area contributed by atoms with E-state index in [1.165, 1.54) is 31.4 Å². The van der Waals surface area contributed by atoms with Gasteiger partial charge >= 0.3 is 0 Å². The summed E-state index contributed by atoms with van der Waals surface area (Å²) in [5.74, 6) is -0.442. The zero-order valence-corrected chi connectivity index (χ0v) is 19.0. The number of furan rings is 1. The number of carbonyl (C=O) groups excluding carboxylic acids is 2. The van der Waals surface area contributed by atoms with E-state index in [1.807, 2.05) is 18.2 Å². The lowest BCUT2D eigenvalue weighted by molar-refractivity contribution is -0.384. The number of carbonyl (C=O) groups is 2. The molecule has 2 amide bonds. The minimum Gasteiger partial charge on any atom is -0.494 e. The number of hydrogen-bond donors (Lipinski definition) is 2. The van der Waals surface area contributed by atoms with Crippen molar-refractivity contribution in [3.05, 3.63) is 99.3 Å². The Balaban J connectivity index is 1.44. The van der Waals surface area contributed by atoms with Gasteiger partial charge in [0.15, 0.2) is 5.76 Å². The van der Waals surface area contributed by atoms with Crippen LogP contribution >= 0.6 is 11.6 Å². The molecule has 2 N–H and O–H groups in total. The molecule has 0 unspecified atom stereocenters. The summed E-state index contributed by atoms with van der Waals surface area (Å²) in [6.07, 6.45) is 2.66. The van der Waals surface area contributed by atoms with Crippen molar-refractivity contribution in [2.24, 2.45) is 0 Å². The summed E-state index contributed by atoms with van der Waals surface area (Å²) in [4.78, 5) is 35.4. The van der Waals surface area contributed by atoms with Crippen molar-refractivity contribution in [1.82, 2.24) is 0 Å². The van der Waals surface area contributed by atoms with Crippen LogP contribution in [0.15, 0.2) is 77.2 Å². The third kappa shape index (κ3) is 5.48. The lowest BCUT2D eigenvalue weighted by Crippen LogP contribution is -2.12. The third-order valence-electron chi connectivity index (χ3n) is 4.96. The first-order chi connectivity index (χ1) is 16.8. The third-order valence-corrected chi connectivity index (χ3v) is 5.28. The summed E-state index contributed by atoms with van der Waals surface area (Å²) in [5.41, 5.74) is 1.60. The number of anilines is 2. The molecule has 0 aliphatic rings. The summed E-state index contributed by atoms with van der Waals surface area (Å²) in [7, 11) is 1.44. The molecule has 1 aromatic heterocycles. The number of ether oxygens (including phenoxy) is 1. The second-order valence-electron chi connectivity index (χ2n) is 7.31. The number of para-hydroxylation sites is 1. The fourth-order valence-corrected chi connectivity index (χ4v) is 3.47. The maximum Gasteiger partial charge on any atom is 0.291 e. The zero-order chi connectivity index (χ0) is 24.9. The zero-order valence-electron chi connectivity index (χ0n) is 18.3. The van der Waals surface area contributed by atoms with Gasteiger partial charge in [-0.3, -0.25) is 19.7 Å². The van der Waals surface area contributed by atoms with Gasteiger partial charge in [0.1, 0.15) is 16.4 Å². The van der Waals surface area contributed by atoms with E-state index in [0.717, 1.165) is 5.39 Å². The fourth-order valence-electron chi connectivity index (χ4n) is 3.28. The molecule has 0 aliphatic heterocycles. The smallest absolute Gasteiger partial charge is 0.291 e. The highest BCUT2D eigenvalue weighted by Gasteiger charge is 2.15. The highest BCUT2D eigenvalue weighted by molar-refractivity contribution is 6.32. The van der Waals surface area contributed by atoms with Crippen LogP contribution in [-0.4, -0.2) is 23.8 Å². The number of nitro benzene ring substituents is 1.